The first-order chi connectivity index (χ1) is 6.81. The van der Waals surface area contributed by atoms with Crippen LogP contribution in [0.2, 0.25) is 0 Å². The maximum Gasteiger partial charge on any atom is 0.0480 e. The van der Waals surface area contributed by atoms with Crippen molar-refractivity contribution in [3.05, 3.63) is 24.3 Å². The van der Waals surface area contributed by atoms with Gasteiger partial charge in [0.1, 0.15) is 0 Å². The van der Waals surface area contributed by atoms with Crippen LogP contribution in [0.4, 0.5) is 5.69 Å². The molecule has 1 aliphatic heterocycles. The third kappa shape index (κ3) is 1.88. The average Bonchev–Trinajstić information content (AvgIpc) is 2.19. The highest BCUT2D eigenvalue weighted by atomic mass is 32.2. The molecule has 3 heteroatoms. The van der Waals surface area contributed by atoms with Crippen LogP contribution in [0.5, 0.6) is 0 Å². The summed E-state index contributed by atoms with van der Waals surface area (Å²) < 4.78 is 0. The van der Waals surface area contributed by atoms with E-state index in [0.717, 1.165) is 6.42 Å². The van der Waals surface area contributed by atoms with Gasteiger partial charge in [-0.15, -0.1) is 11.8 Å². The number of nitrogens with one attached hydrogen (secondary N) is 1. The van der Waals surface area contributed by atoms with Crippen LogP contribution in [-0.4, -0.2) is 23.0 Å². The summed E-state index contributed by atoms with van der Waals surface area (Å²) in [5.74, 6) is 0. The quantitative estimate of drug-likeness (QED) is 0.784. The predicted molar refractivity (Wildman–Crippen MR) is 60.9 cm³/mol. The zero-order chi connectivity index (χ0) is 9.97. The lowest BCUT2D eigenvalue weighted by Gasteiger charge is -2.31. The maximum absolute atomic E-state index is 8.94. The Balaban J connectivity index is 2.18. The summed E-state index contributed by atoms with van der Waals surface area (Å²) in [6, 6.07) is 8.77. The highest BCUT2D eigenvalue weighted by Crippen LogP contribution is 2.38. The van der Waals surface area contributed by atoms with Crippen molar-refractivity contribution in [2.24, 2.45) is 0 Å². The second kappa shape index (κ2) is 4.24. The number of benzene rings is 1. The molecule has 14 heavy (non-hydrogen) atoms. The summed E-state index contributed by atoms with van der Waals surface area (Å²) >= 11 is 1.87. The minimum Gasteiger partial charge on any atom is -0.396 e. The second-order valence-electron chi connectivity index (χ2n) is 3.60. The van der Waals surface area contributed by atoms with Crippen LogP contribution in [-0.2, 0) is 0 Å². The lowest BCUT2D eigenvalue weighted by Crippen LogP contribution is -2.32. The molecule has 1 heterocycles. The highest BCUT2D eigenvalue weighted by molar-refractivity contribution is 8.00. The van der Waals surface area contributed by atoms with Crippen molar-refractivity contribution in [1.82, 2.24) is 0 Å². The van der Waals surface area contributed by atoms with Gasteiger partial charge in [0.2, 0.25) is 0 Å². The SMILES string of the molecule is CC1Nc2ccccc2SC1CCO. The van der Waals surface area contributed by atoms with E-state index in [2.05, 4.69) is 30.4 Å². The van der Waals surface area contributed by atoms with Crippen molar-refractivity contribution in [3.8, 4) is 0 Å². The predicted octanol–water partition coefficient (Wildman–Crippen LogP) is 2.34. The van der Waals surface area contributed by atoms with Crippen molar-refractivity contribution in [1.29, 1.82) is 0 Å². The van der Waals surface area contributed by atoms with Gasteiger partial charge in [0.25, 0.3) is 0 Å². The van der Waals surface area contributed by atoms with E-state index < -0.39 is 0 Å². The monoisotopic (exact) mass is 209 g/mol. The summed E-state index contributed by atoms with van der Waals surface area (Å²) in [7, 11) is 0. The van der Waals surface area contributed by atoms with Crippen LogP contribution in [0.25, 0.3) is 0 Å². The molecule has 0 saturated carbocycles. The summed E-state index contributed by atoms with van der Waals surface area (Å²) in [6.07, 6.45) is 0.854. The number of rotatable bonds is 2. The smallest absolute Gasteiger partial charge is 0.0480 e. The van der Waals surface area contributed by atoms with Crippen molar-refractivity contribution in [3.63, 3.8) is 0 Å². The third-order valence-corrected chi connectivity index (χ3v) is 4.08. The molecule has 0 amide bonds. The van der Waals surface area contributed by atoms with Gasteiger partial charge in [-0.2, -0.15) is 0 Å². The molecule has 0 radical (unpaired) electrons. The van der Waals surface area contributed by atoms with E-state index in [4.69, 9.17) is 5.11 Å². The van der Waals surface area contributed by atoms with Gasteiger partial charge in [0.15, 0.2) is 0 Å². The van der Waals surface area contributed by atoms with E-state index in [-0.39, 0.29) is 6.61 Å². The van der Waals surface area contributed by atoms with Gasteiger partial charge in [-0.3, -0.25) is 0 Å². The molecule has 0 spiro atoms. The second-order valence-corrected chi connectivity index (χ2v) is 4.88. The molecular formula is C11H15NOS. The maximum atomic E-state index is 8.94. The molecule has 2 rings (SSSR count). The van der Waals surface area contributed by atoms with E-state index in [9.17, 15) is 0 Å². The van der Waals surface area contributed by atoms with Gasteiger partial charge in [-0.25, -0.2) is 0 Å². The number of hydrogen-bond acceptors (Lipinski definition) is 3. The Morgan fingerprint density at radius 2 is 2.21 bits per heavy atom. The zero-order valence-electron chi connectivity index (χ0n) is 8.23. The molecule has 1 aromatic carbocycles. The molecule has 0 saturated heterocycles. The Labute approximate surface area is 88.7 Å². The summed E-state index contributed by atoms with van der Waals surface area (Å²) in [5.41, 5.74) is 1.22. The molecule has 0 aromatic heterocycles. The van der Waals surface area contributed by atoms with Gasteiger partial charge in [-0.1, -0.05) is 12.1 Å². The number of thioether (sulfide) groups is 1. The Kier molecular flexibility index (Phi) is 2.99. The Hall–Kier alpha value is -0.670. The zero-order valence-corrected chi connectivity index (χ0v) is 9.05. The third-order valence-electron chi connectivity index (χ3n) is 2.52. The molecule has 1 aliphatic rings. The molecule has 0 aliphatic carbocycles. The molecule has 76 valence electrons. The molecule has 2 N–H and O–H groups in total. The fourth-order valence-corrected chi connectivity index (χ4v) is 2.96. The van der Waals surface area contributed by atoms with E-state index in [1.165, 1.54) is 10.6 Å². The minimum absolute atomic E-state index is 0.270. The van der Waals surface area contributed by atoms with Crippen molar-refractivity contribution < 1.29 is 5.11 Å². The normalized spacial score (nSPS) is 25.3. The summed E-state index contributed by atoms with van der Waals surface area (Å²) in [6.45, 7) is 2.44. The summed E-state index contributed by atoms with van der Waals surface area (Å²) in [4.78, 5) is 1.30. The van der Waals surface area contributed by atoms with Crippen LogP contribution in [0.15, 0.2) is 29.2 Å². The van der Waals surface area contributed by atoms with Gasteiger partial charge in [0, 0.05) is 28.5 Å². The first kappa shape index (κ1) is 9.87. The molecular weight excluding hydrogens is 194 g/mol. The fourth-order valence-electron chi connectivity index (χ4n) is 1.73. The van der Waals surface area contributed by atoms with Crippen LogP contribution >= 0.6 is 11.8 Å². The Morgan fingerprint density at radius 3 is 3.00 bits per heavy atom. The van der Waals surface area contributed by atoms with E-state index in [1.807, 2.05) is 17.8 Å². The summed E-state index contributed by atoms with van der Waals surface area (Å²) in [5, 5.41) is 12.9. The van der Waals surface area contributed by atoms with Crippen molar-refractivity contribution in [2.75, 3.05) is 11.9 Å². The fraction of sp³-hybridized carbons (Fsp3) is 0.455. The number of anilines is 1. The number of aliphatic hydroxyl groups excluding tert-OH is 1. The van der Waals surface area contributed by atoms with Crippen LogP contribution in [0.1, 0.15) is 13.3 Å². The van der Waals surface area contributed by atoms with Crippen molar-refractivity contribution >= 4 is 17.4 Å². The number of fused-ring (bicyclic) bond motifs is 1. The average molecular weight is 209 g/mol. The van der Waals surface area contributed by atoms with Gasteiger partial charge >= 0.3 is 0 Å². The lowest BCUT2D eigenvalue weighted by molar-refractivity contribution is 0.284. The number of para-hydroxylation sites is 1. The molecule has 2 unspecified atom stereocenters. The minimum atomic E-state index is 0.270. The lowest BCUT2D eigenvalue weighted by atomic mass is 10.1. The van der Waals surface area contributed by atoms with E-state index >= 15 is 0 Å². The Morgan fingerprint density at radius 1 is 1.43 bits per heavy atom. The van der Waals surface area contributed by atoms with Crippen molar-refractivity contribution in [2.45, 2.75) is 29.5 Å². The van der Waals surface area contributed by atoms with E-state index in [1.54, 1.807) is 0 Å². The topological polar surface area (TPSA) is 32.3 Å². The van der Waals surface area contributed by atoms with Gasteiger partial charge < -0.3 is 10.4 Å². The van der Waals surface area contributed by atoms with E-state index in [0.29, 0.717) is 11.3 Å². The molecule has 2 nitrogen and oxygen atoms in total. The van der Waals surface area contributed by atoms with Gasteiger partial charge in [0.05, 0.1) is 0 Å². The molecule has 0 fully saturated rings. The molecule has 0 bridgehead atoms. The van der Waals surface area contributed by atoms with Crippen LogP contribution < -0.4 is 5.32 Å². The van der Waals surface area contributed by atoms with Gasteiger partial charge in [-0.05, 0) is 25.5 Å². The largest absolute Gasteiger partial charge is 0.396 e. The number of hydrogen-bond donors (Lipinski definition) is 2. The first-order valence-corrected chi connectivity index (χ1v) is 5.82. The first-order valence-electron chi connectivity index (χ1n) is 4.94. The highest BCUT2D eigenvalue weighted by Gasteiger charge is 2.24. The van der Waals surface area contributed by atoms with Crippen LogP contribution in [0.3, 0.4) is 0 Å². The van der Waals surface area contributed by atoms with Crippen LogP contribution in [0, 0.1) is 0 Å². The standard InChI is InChI=1S/C11H15NOS/c1-8-10(6-7-13)14-11-5-3-2-4-9(11)12-8/h2-5,8,10,12-13H,6-7H2,1H3. The molecule has 2 atom stereocenters. The number of aliphatic hydroxyl groups is 1. The molecule has 1 aromatic rings. The Bertz CT molecular complexity index is 316.